The van der Waals surface area contributed by atoms with E-state index in [0.29, 0.717) is 23.7 Å². The van der Waals surface area contributed by atoms with Gasteiger partial charge in [0.25, 0.3) is 17.0 Å². The Labute approximate surface area is 270 Å². The fraction of sp³-hybridized carbons (Fsp3) is 0.333. The van der Waals surface area contributed by atoms with Gasteiger partial charge in [0.05, 0.1) is 17.1 Å². The van der Waals surface area contributed by atoms with Crippen molar-refractivity contribution in [2.24, 2.45) is 0 Å². The van der Waals surface area contributed by atoms with Crippen LogP contribution < -0.4 is 21.3 Å². The molecule has 0 aliphatic carbocycles. The molecule has 0 radical (unpaired) electrons. The Morgan fingerprint density at radius 3 is 2.46 bits per heavy atom. The van der Waals surface area contributed by atoms with Crippen LogP contribution in [-0.2, 0) is 11.0 Å². The van der Waals surface area contributed by atoms with Crippen LogP contribution in [0.3, 0.4) is 0 Å². The second-order valence-corrected chi connectivity index (χ2v) is 12.1. The molecule has 1 aromatic carbocycles. The van der Waals surface area contributed by atoms with E-state index in [1.165, 1.54) is 11.1 Å². The van der Waals surface area contributed by atoms with Crippen molar-refractivity contribution in [3.05, 3.63) is 92.4 Å². The number of hydrogen-bond acceptors (Lipinski definition) is 7. The maximum atomic E-state index is 15.3. The number of pyridine rings is 3. The highest BCUT2D eigenvalue weighted by molar-refractivity contribution is 6.00. The van der Waals surface area contributed by atoms with Gasteiger partial charge in [-0.25, -0.2) is 8.78 Å². The van der Waals surface area contributed by atoms with Crippen molar-refractivity contribution in [2.45, 2.75) is 45.3 Å². The number of para-hydroxylation sites is 1. The summed E-state index contributed by atoms with van der Waals surface area (Å²) in [6, 6.07) is 4.50. The fourth-order valence-electron chi connectivity index (χ4n) is 6.67. The van der Waals surface area contributed by atoms with E-state index in [-0.39, 0.29) is 59.1 Å². The molecule has 48 heavy (non-hydrogen) atoms. The minimum atomic E-state index is -5.24. The number of aromatic nitrogens is 3. The summed E-state index contributed by atoms with van der Waals surface area (Å²) >= 11 is 0. The first-order valence-corrected chi connectivity index (χ1v) is 15.2. The molecule has 0 spiro atoms. The zero-order chi connectivity index (χ0) is 34.8. The SMILES string of the molecule is C=C(F)C(=O)N1CCN2c3c(c(=O)n(-c4c(C)ccnc4C(C)C)c4c(=O)n(-c5c(O)cccc5F)c(C(F)(F)F)cc34)NCCC2C1. The van der Waals surface area contributed by atoms with E-state index in [2.05, 4.69) is 16.9 Å². The zero-order valence-electron chi connectivity index (χ0n) is 26.2. The maximum Gasteiger partial charge on any atom is 0.431 e. The Morgan fingerprint density at radius 1 is 1.08 bits per heavy atom. The first-order valence-electron chi connectivity index (χ1n) is 15.2. The molecule has 5 heterocycles. The number of fused-ring (bicyclic) bond motifs is 5. The molecule has 1 atom stereocenters. The van der Waals surface area contributed by atoms with Gasteiger partial charge in [0.2, 0.25) is 0 Å². The zero-order valence-corrected chi connectivity index (χ0v) is 26.2. The Kier molecular flexibility index (Phi) is 8.04. The standard InChI is InChI=1S/C33H31F5N6O4/c1-16(2)24-26(17(3)8-10-39-24)44-28-20(14-23(33(36,37)38)43(32(28)48)29-21(35)6-5-7-22(29)45)27-25(31(44)47)40-11-9-19-15-41(12-13-42(19)27)30(46)18(4)34/h5-8,10,14,16,19,40,45H,4,9,11-13,15H2,1-3H3. The first kappa shape index (κ1) is 32.7. The molecule has 0 saturated carbocycles. The van der Waals surface area contributed by atoms with Crippen LogP contribution in [0.1, 0.15) is 43.1 Å². The van der Waals surface area contributed by atoms with Crippen molar-refractivity contribution < 1.29 is 31.9 Å². The van der Waals surface area contributed by atoms with E-state index >= 15 is 4.39 Å². The van der Waals surface area contributed by atoms with Crippen LogP contribution in [0, 0.1) is 12.7 Å². The lowest BCUT2D eigenvalue weighted by molar-refractivity contribution is -0.142. The third kappa shape index (κ3) is 5.17. The number of piperazine rings is 1. The van der Waals surface area contributed by atoms with Crippen LogP contribution in [0.2, 0.25) is 0 Å². The van der Waals surface area contributed by atoms with Crippen LogP contribution in [0.25, 0.3) is 22.3 Å². The normalized spacial score (nSPS) is 16.4. The number of benzene rings is 1. The fourth-order valence-corrected chi connectivity index (χ4v) is 6.67. The molecule has 1 fully saturated rings. The van der Waals surface area contributed by atoms with Crippen LogP contribution in [0.15, 0.2) is 58.5 Å². The predicted octanol–water partition coefficient (Wildman–Crippen LogP) is 5.15. The van der Waals surface area contributed by atoms with Gasteiger partial charge in [-0.3, -0.25) is 28.5 Å². The number of aryl methyl sites for hydroxylation is 1. The van der Waals surface area contributed by atoms with Crippen molar-refractivity contribution >= 4 is 28.2 Å². The van der Waals surface area contributed by atoms with Gasteiger partial charge in [-0.1, -0.05) is 26.5 Å². The molecule has 15 heteroatoms. The van der Waals surface area contributed by atoms with E-state index in [1.807, 2.05) is 0 Å². The van der Waals surface area contributed by atoms with Gasteiger partial charge in [-0.05, 0) is 49.1 Å². The third-order valence-corrected chi connectivity index (χ3v) is 8.79. The Morgan fingerprint density at radius 2 is 1.81 bits per heavy atom. The smallest absolute Gasteiger partial charge is 0.431 e. The van der Waals surface area contributed by atoms with Crippen molar-refractivity contribution in [3.63, 3.8) is 0 Å². The minimum Gasteiger partial charge on any atom is -0.506 e. The number of phenolic OH excluding ortho intramolecular Hbond substituents is 1. The molecule has 252 valence electrons. The average molecular weight is 671 g/mol. The Hall–Kier alpha value is -5.21. The number of anilines is 2. The topological polar surface area (TPSA) is 113 Å². The average Bonchev–Trinajstić information content (AvgIpc) is 3.21. The highest BCUT2D eigenvalue weighted by Crippen LogP contribution is 2.42. The highest BCUT2D eigenvalue weighted by atomic mass is 19.4. The van der Waals surface area contributed by atoms with Gasteiger partial charge < -0.3 is 20.2 Å². The van der Waals surface area contributed by atoms with Crippen LogP contribution in [0.5, 0.6) is 5.75 Å². The maximum absolute atomic E-state index is 15.3. The number of nitrogens with zero attached hydrogens (tertiary/aromatic N) is 5. The van der Waals surface area contributed by atoms with E-state index in [9.17, 15) is 37.1 Å². The van der Waals surface area contributed by atoms with Gasteiger partial charge in [-0.15, -0.1) is 0 Å². The van der Waals surface area contributed by atoms with E-state index in [4.69, 9.17) is 0 Å². The summed E-state index contributed by atoms with van der Waals surface area (Å²) in [4.78, 5) is 49.1. The van der Waals surface area contributed by atoms with Gasteiger partial charge >= 0.3 is 6.18 Å². The van der Waals surface area contributed by atoms with Gasteiger partial charge in [-0.2, -0.15) is 13.2 Å². The van der Waals surface area contributed by atoms with Gasteiger partial charge in [0, 0.05) is 43.8 Å². The summed E-state index contributed by atoms with van der Waals surface area (Å²) in [5.74, 6) is -4.62. The van der Waals surface area contributed by atoms with Crippen molar-refractivity contribution in [1.29, 1.82) is 0 Å². The third-order valence-electron chi connectivity index (χ3n) is 8.79. The molecular weight excluding hydrogens is 639 g/mol. The number of phenols is 1. The summed E-state index contributed by atoms with van der Waals surface area (Å²) in [5.41, 5.74) is -4.39. The largest absolute Gasteiger partial charge is 0.506 e. The molecule has 2 aliphatic heterocycles. The predicted molar refractivity (Wildman–Crippen MR) is 169 cm³/mol. The number of carbonyl (C=O) groups excluding carboxylic acids is 1. The number of alkyl halides is 3. The first-order chi connectivity index (χ1) is 22.6. The van der Waals surface area contributed by atoms with Crippen LogP contribution in [-0.4, -0.2) is 62.3 Å². The van der Waals surface area contributed by atoms with Crippen molar-refractivity contribution in [1.82, 2.24) is 19.0 Å². The molecule has 4 aromatic rings. The number of halogens is 5. The lowest BCUT2D eigenvalue weighted by atomic mass is 10.0. The summed E-state index contributed by atoms with van der Waals surface area (Å²) in [7, 11) is 0. The van der Waals surface area contributed by atoms with Crippen molar-refractivity contribution in [2.75, 3.05) is 36.4 Å². The number of amides is 1. The summed E-state index contributed by atoms with van der Waals surface area (Å²) in [6.07, 6.45) is -3.43. The molecule has 2 aliphatic rings. The lowest BCUT2D eigenvalue weighted by Crippen LogP contribution is -2.55. The monoisotopic (exact) mass is 670 g/mol. The van der Waals surface area contributed by atoms with E-state index < -0.39 is 63.5 Å². The molecule has 0 bridgehead atoms. The number of carbonyl (C=O) groups is 1. The Bertz CT molecular complexity index is 2100. The number of nitrogens with one attached hydrogen (secondary N) is 1. The number of rotatable bonds is 4. The van der Waals surface area contributed by atoms with Crippen LogP contribution in [0.4, 0.5) is 33.3 Å². The van der Waals surface area contributed by atoms with Crippen LogP contribution >= 0.6 is 0 Å². The molecule has 1 unspecified atom stereocenters. The summed E-state index contributed by atoms with van der Waals surface area (Å²) in [5, 5.41) is 13.4. The molecule has 3 aromatic heterocycles. The lowest BCUT2D eigenvalue weighted by Gasteiger charge is -2.42. The second-order valence-electron chi connectivity index (χ2n) is 12.1. The quantitative estimate of drug-likeness (QED) is 0.228. The molecule has 1 amide bonds. The van der Waals surface area contributed by atoms with E-state index in [1.54, 1.807) is 31.7 Å². The minimum absolute atomic E-state index is 0.0138. The van der Waals surface area contributed by atoms with Gasteiger partial charge in [0.15, 0.2) is 11.6 Å². The molecule has 1 saturated heterocycles. The molecule has 6 rings (SSSR count). The summed E-state index contributed by atoms with van der Waals surface area (Å²) in [6.45, 7) is 8.40. The number of aromatic hydroxyl groups is 1. The second kappa shape index (κ2) is 11.8. The van der Waals surface area contributed by atoms with Gasteiger partial charge in [0.1, 0.15) is 28.3 Å². The Balaban J connectivity index is 1.80. The van der Waals surface area contributed by atoms with Crippen molar-refractivity contribution in [3.8, 4) is 17.1 Å². The number of hydrogen-bond donors (Lipinski definition) is 2. The molecule has 10 nitrogen and oxygen atoms in total. The molecular formula is C33H31F5N6O4. The van der Waals surface area contributed by atoms with E-state index in [0.717, 1.165) is 22.8 Å². The highest BCUT2D eigenvalue weighted by Gasteiger charge is 2.41. The molecule has 2 N–H and O–H groups in total. The summed E-state index contributed by atoms with van der Waals surface area (Å²) < 4.78 is 75.0.